The molecule has 0 saturated carbocycles. The quantitative estimate of drug-likeness (QED) is 0.636. The molecule has 3 rings (SSSR count). The number of hydrogen-bond donors (Lipinski definition) is 1. The minimum atomic E-state index is -0.544. The standard InChI is InChI=1S/C19H18ClN3O4/c1-11-4-6-15(9-16(11)20)22-10-13(7-18(22)24)19(25)21-14-5-3-12(2)17(8-14)23(26)27/h3-6,8-9,13H,7,10H2,1-2H3,(H,21,25)/t13-/m1/s1. The van der Waals surface area contributed by atoms with Crippen LogP contribution in [0.2, 0.25) is 5.02 Å². The molecule has 0 bridgehead atoms. The molecule has 0 spiro atoms. The number of carbonyl (C=O) groups excluding carboxylic acids is 2. The molecule has 1 aliphatic rings. The zero-order valence-corrected chi connectivity index (χ0v) is 15.6. The van der Waals surface area contributed by atoms with Gasteiger partial charge in [-0.05, 0) is 37.6 Å². The van der Waals surface area contributed by atoms with E-state index in [0.717, 1.165) is 5.56 Å². The van der Waals surface area contributed by atoms with Crippen LogP contribution >= 0.6 is 11.6 Å². The third-order valence-corrected chi connectivity index (χ3v) is 5.04. The van der Waals surface area contributed by atoms with Crippen LogP contribution in [0.4, 0.5) is 17.1 Å². The maximum Gasteiger partial charge on any atom is 0.274 e. The average Bonchev–Trinajstić information content (AvgIpc) is 3.00. The first kappa shape index (κ1) is 18.8. The van der Waals surface area contributed by atoms with Crippen molar-refractivity contribution >= 4 is 40.5 Å². The van der Waals surface area contributed by atoms with E-state index in [9.17, 15) is 19.7 Å². The molecule has 1 heterocycles. The summed E-state index contributed by atoms with van der Waals surface area (Å²) in [6.45, 7) is 3.73. The number of rotatable bonds is 4. The topological polar surface area (TPSA) is 92.6 Å². The lowest BCUT2D eigenvalue weighted by molar-refractivity contribution is -0.385. The molecule has 7 nitrogen and oxygen atoms in total. The lowest BCUT2D eigenvalue weighted by Crippen LogP contribution is -2.28. The predicted molar refractivity (Wildman–Crippen MR) is 103 cm³/mol. The maximum atomic E-state index is 12.5. The van der Waals surface area contributed by atoms with Crippen molar-refractivity contribution in [3.8, 4) is 0 Å². The second-order valence-corrected chi connectivity index (χ2v) is 6.99. The number of hydrogen-bond acceptors (Lipinski definition) is 4. The van der Waals surface area contributed by atoms with Gasteiger partial charge in [0.1, 0.15) is 0 Å². The van der Waals surface area contributed by atoms with Crippen molar-refractivity contribution in [1.29, 1.82) is 0 Å². The molecular weight excluding hydrogens is 370 g/mol. The van der Waals surface area contributed by atoms with Gasteiger partial charge in [0.2, 0.25) is 11.8 Å². The third-order valence-electron chi connectivity index (χ3n) is 4.64. The summed E-state index contributed by atoms with van der Waals surface area (Å²) in [6.07, 6.45) is 0.0747. The molecule has 0 aromatic heterocycles. The Morgan fingerprint density at radius 2 is 1.93 bits per heavy atom. The summed E-state index contributed by atoms with van der Waals surface area (Å²) in [5.41, 5.74) is 2.34. The molecule has 2 aromatic rings. The lowest BCUT2D eigenvalue weighted by Gasteiger charge is -2.17. The Morgan fingerprint density at radius 1 is 1.22 bits per heavy atom. The van der Waals surface area contributed by atoms with Crippen LogP contribution in [0.25, 0.3) is 0 Å². The van der Waals surface area contributed by atoms with Gasteiger partial charge < -0.3 is 10.2 Å². The van der Waals surface area contributed by atoms with Crippen LogP contribution in [0, 0.1) is 29.9 Å². The SMILES string of the molecule is Cc1ccc(N2C[C@H](C(=O)Nc3ccc(C)c([N+](=O)[O-])c3)CC2=O)cc1Cl. The molecular formula is C19H18ClN3O4. The van der Waals surface area contributed by atoms with Crippen LogP contribution in [-0.2, 0) is 9.59 Å². The van der Waals surface area contributed by atoms with Crippen LogP contribution in [-0.4, -0.2) is 23.3 Å². The van der Waals surface area contributed by atoms with E-state index in [4.69, 9.17) is 11.6 Å². The van der Waals surface area contributed by atoms with Crippen molar-refractivity contribution in [2.45, 2.75) is 20.3 Å². The van der Waals surface area contributed by atoms with Crippen LogP contribution in [0.15, 0.2) is 36.4 Å². The number of carbonyl (C=O) groups is 2. The van der Waals surface area contributed by atoms with Gasteiger partial charge in [-0.25, -0.2) is 0 Å². The maximum absolute atomic E-state index is 12.5. The van der Waals surface area contributed by atoms with E-state index in [1.807, 2.05) is 13.0 Å². The summed E-state index contributed by atoms with van der Waals surface area (Å²) in [5.74, 6) is -1.05. The summed E-state index contributed by atoms with van der Waals surface area (Å²) in [5, 5.41) is 14.3. The number of aryl methyl sites for hydroxylation is 2. The summed E-state index contributed by atoms with van der Waals surface area (Å²) in [6, 6.07) is 9.83. The first-order valence-electron chi connectivity index (χ1n) is 8.38. The van der Waals surface area contributed by atoms with Crippen molar-refractivity contribution in [1.82, 2.24) is 0 Å². The largest absolute Gasteiger partial charge is 0.326 e. The second-order valence-electron chi connectivity index (χ2n) is 6.59. The van der Waals surface area contributed by atoms with Gasteiger partial charge in [-0.15, -0.1) is 0 Å². The highest BCUT2D eigenvalue weighted by Gasteiger charge is 2.35. The number of nitro benzene ring substituents is 1. The van der Waals surface area contributed by atoms with E-state index < -0.39 is 10.8 Å². The summed E-state index contributed by atoms with van der Waals surface area (Å²) in [7, 11) is 0. The Bertz CT molecular complexity index is 945. The van der Waals surface area contributed by atoms with Gasteiger partial charge in [0.15, 0.2) is 0 Å². The molecule has 1 fully saturated rings. The molecule has 1 saturated heterocycles. The summed E-state index contributed by atoms with van der Waals surface area (Å²) >= 11 is 6.13. The number of halogens is 1. The Hall–Kier alpha value is -2.93. The van der Waals surface area contributed by atoms with Crippen LogP contribution in [0.1, 0.15) is 17.5 Å². The lowest BCUT2D eigenvalue weighted by atomic mass is 10.1. The van der Waals surface area contributed by atoms with Gasteiger partial charge >= 0.3 is 0 Å². The van der Waals surface area contributed by atoms with Crippen LogP contribution < -0.4 is 10.2 Å². The highest BCUT2D eigenvalue weighted by molar-refractivity contribution is 6.31. The normalized spacial score (nSPS) is 16.5. The smallest absolute Gasteiger partial charge is 0.274 e. The van der Waals surface area contributed by atoms with E-state index in [-0.39, 0.29) is 30.5 Å². The fraction of sp³-hybridized carbons (Fsp3) is 0.263. The van der Waals surface area contributed by atoms with Gasteiger partial charge in [0.25, 0.3) is 5.69 Å². The summed E-state index contributed by atoms with van der Waals surface area (Å²) in [4.78, 5) is 37.0. The van der Waals surface area contributed by atoms with Gasteiger partial charge in [-0.1, -0.05) is 23.7 Å². The van der Waals surface area contributed by atoms with E-state index in [1.54, 1.807) is 31.2 Å². The Kier molecular flexibility index (Phi) is 5.14. The molecule has 1 aliphatic heterocycles. The fourth-order valence-electron chi connectivity index (χ4n) is 3.01. The minimum Gasteiger partial charge on any atom is -0.326 e. The zero-order valence-electron chi connectivity index (χ0n) is 14.9. The van der Waals surface area contributed by atoms with Crippen LogP contribution in [0.5, 0.6) is 0 Å². The fourth-order valence-corrected chi connectivity index (χ4v) is 3.19. The molecule has 1 N–H and O–H groups in total. The van der Waals surface area contributed by atoms with E-state index in [2.05, 4.69) is 5.32 Å². The van der Waals surface area contributed by atoms with Crippen molar-refractivity contribution in [3.63, 3.8) is 0 Å². The van der Waals surface area contributed by atoms with E-state index in [0.29, 0.717) is 22.0 Å². The number of nitrogens with zero attached hydrogens (tertiary/aromatic N) is 2. The predicted octanol–water partition coefficient (Wildman–Crippen LogP) is 3.86. The number of benzene rings is 2. The Morgan fingerprint density at radius 3 is 2.59 bits per heavy atom. The van der Waals surface area contributed by atoms with Gasteiger partial charge in [-0.2, -0.15) is 0 Å². The molecule has 0 unspecified atom stereocenters. The van der Waals surface area contributed by atoms with Gasteiger partial charge in [0, 0.05) is 41.0 Å². The molecule has 2 aromatic carbocycles. The Balaban J connectivity index is 1.73. The third kappa shape index (κ3) is 3.93. The molecule has 2 amide bonds. The average molecular weight is 388 g/mol. The van der Waals surface area contributed by atoms with Gasteiger partial charge in [-0.3, -0.25) is 19.7 Å². The Labute approximate surface area is 161 Å². The number of nitro groups is 1. The van der Waals surface area contributed by atoms with Crippen molar-refractivity contribution in [2.24, 2.45) is 5.92 Å². The highest BCUT2D eigenvalue weighted by atomic mass is 35.5. The molecule has 0 radical (unpaired) electrons. The molecule has 1 atom stereocenters. The van der Waals surface area contributed by atoms with E-state index >= 15 is 0 Å². The van der Waals surface area contributed by atoms with Gasteiger partial charge in [0.05, 0.1) is 10.8 Å². The monoisotopic (exact) mass is 387 g/mol. The summed E-state index contributed by atoms with van der Waals surface area (Å²) < 4.78 is 0. The first-order valence-corrected chi connectivity index (χ1v) is 8.76. The molecule has 27 heavy (non-hydrogen) atoms. The van der Waals surface area contributed by atoms with Crippen molar-refractivity contribution < 1.29 is 14.5 Å². The molecule has 0 aliphatic carbocycles. The number of anilines is 2. The second kappa shape index (κ2) is 7.36. The first-order chi connectivity index (χ1) is 12.8. The zero-order chi connectivity index (χ0) is 19.7. The van der Waals surface area contributed by atoms with Crippen molar-refractivity contribution in [2.75, 3.05) is 16.8 Å². The number of nitrogens with one attached hydrogen (secondary N) is 1. The van der Waals surface area contributed by atoms with E-state index in [1.165, 1.54) is 11.0 Å². The highest BCUT2D eigenvalue weighted by Crippen LogP contribution is 2.30. The molecule has 140 valence electrons. The van der Waals surface area contributed by atoms with Crippen LogP contribution in [0.3, 0.4) is 0 Å². The minimum absolute atomic E-state index is 0.0637. The van der Waals surface area contributed by atoms with Crippen molar-refractivity contribution in [3.05, 3.63) is 62.7 Å². The number of amides is 2. The molecule has 8 heteroatoms.